The Morgan fingerprint density at radius 1 is 1.45 bits per heavy atom. The van der Waals surface area contributed by atoms with Crippen LogP contribution in [0.15, 0.2) is 12.4 Å². The van der Waals surface area contributed by atoms with Crippen LogP contribution in [0.4, 0.5) is 0 Å². The van der Waals surface area contributed by atoms with Gasteiger partial charge in [-0.3, -0.25) is 4.79 Å². The van der Waals surface area contributed by atoms with E-state index >= 15 is 0 Å². The zero-order valence-electron chi connectivity index (χ0n) is 6.37. The highest BCUT2D eigenvalue weighted by Gasteiger charge is 1.96. The number of carbonyl (C=O) groups is 1. The Kier molecular flexibility index (Phi) is 2.15. The molecule has 4 nitrogen and oxygen atoms in total. The van der Waals surface area contributed by atoms with Crippen LogP contribution in [0.3, 0.4) is 0 Å². The summed E-state index contributed by atoms with van der Waals surface area (Å²) in [6, 6.07) is 0. The highest BCUT2D eigenvalue weighted by Crippen LogP contribution is 2.05. The molecular formula is C7H8N2O2. The Hall–Kier alpha value is -1.45. The van der Waals surface area contributed by atoms with Crippen molar-refractivity contribution in [1.82, 2.24) is 9.97 Å². The van der Waals surface area contributed by atoms with Crippen molar-refractivity contribution < 1.29 is 9.53 Å². The van der Waals surface area contributed by atoms with Gasteiger partial charge in [0.2, 0.25) is 0 Å². The number of esters is 1. The van der Waals surface area contributed by atoms with Crippen molar-refractivity contribution in [3.63, 3.8) is 0 Å². The summed E-state index contributed by atoms with van der Waals surface area (Å²) in [7, 11) is 0. The summed E-state index contributed by atoms with van der Waals surface area (Å²) in [6.45, 7) is 3.09. The molecular weight excluding hydrogens is 144 g/mol. The van der Waals surface area contributed by atoms with Crippen LogP contribution in [0.2, 0.25) is 0 Å². The molecule has 11 heavy (non-hydrogen) atoms. The van der Waals surface area contributed by atoms with E-state index in [2.05, 4.69) is 9.97 Å². The fourth-order valence-corrected chi connectivity index (χ4v) is 0.599. The SMILES string of the molecule is CC(=O)Oc1cnc(C)nc1. The lowest BCUT2D eigenvalue weighted by molar-refractivity contribution is -0.131. The van der Waals surface area contributed by atoms with Gasteiger partial charge in [-0.2, -0.15) is 0 Å². The van der Waals surface area contributed by atoms with Gasteiger partial charge in [-0.1, -0.05) is 0 Å². The number of carbonyl (C=O) groups excluding carboxylic acids is 1. The normalized spacial score (nSPS) is 9.27. The molecule has 0 saturated carbocycles. The highest BCUT2D eigenvalue weighted by molar-refractivity contribution is 5.68. The Balaban J connectivity index is 2.74. The van der Waals surface area contributed by atoms with Crippen molar-refractivity contribution >= 4 is 5.97 Å². The summed E-state index contributed by atoms with van der Waals surface area (Å²) >= 11 is 0. The summed E-state index contributed by atoms with van der Waals surface area (Å²) < 4.78 is 4.71. The molecule has 0 bridgehead atoms. The van der Waals surface area contributed by atoms with Gasteiger partial charge < -0.3 is 4.74 Å². The van der Waals surface area contributed by atoms with Crippen LogP contribution in [0.25, 0.3) is 0 Å². The molecule has 0 saturated heterocycles. The summed E-state index contributed by atoms with van der Waals surface area (Å²) in [5.41, 5.74) is 0. The standard InChI is InChI=1S/C7H8N2O2/c1-5-8-3-7(4-9-5)11-6(2)10/h3-4H,1-2H3. The molecule has 1 aromatic heterocycles. The smallest absolute Gasteiger partial charge is 0.308 e. The first-order chi connectivity index (χ1) is 5.18. The molecule has 1 rings (SSSR count). The quantitative estimate of drug-likeness (QED) is 0.556. The van der Waals surface area contributed by atoms with Crippen molar-refractivity contribution in [3.05, 3.63) is 18.2 Å². The van der Waals surface area contributed by atoms with Gasteiger partial charge in [0.05, 0.1) is 12.4 Å². The number of aryl methyl sites for hydroxylation is 1. The lowest BCUT2D eigenvalue weighted by Gasteiger charge is -1.98. The predicted octanol–water partition coefficient (Wildman–Crippen LogP) is 0.710. The second-order valence-corrected chi connectivity index (χ2v) is 2.06. The molecule has 0 radical (unpaired) electrons. The van der Waals surface area contributed by atoms with Gasteiger partial charge in [0, 0.05) is 6.92 Å². The average Bonchev–Trinajstić information content (AvgIpc) is 1.93. The first-order valence-electron chi connectivity index (χ1n) is 3.15. The van der Waals surface area contributed by atoms with E-state index in [0.29, 0.717) is 11.6 Å². The van der Waals surface area contributed by atoms with Crippen molar-refractivity contribution in [2.75, 3.05) is 0 Å². The summed E-state index contributed by atoms with van der Waals surface area (Å²) in [6.07, 6.45) is 2.92. The van der Waals surface area contributed by atoms with Crippen molar-refractivity contribution in [1.29, 1.82) is 0 Å². The molecule has 0 aliphatic carbocycles. The van der Waals surface area contributed by atoms with E-state index < -0.39 is 0 Å². The van der Waals surface area contributed by atoms with Gasteiger partial charge in [0.25, 0.3) is 0 Å². The molecule has 0 unspecified atom stereocenters. The van der Waals surface area contributed by atoms with E-state index in [9.17, 15) is 4.79 Å². The Morgan fingerprint density at radius 3 is 2.45 bits per heavy atom. The maximum absolute atomic E-state index is 10.4. The van der Waals surface area contributed by atoms with Crippen molar-refractivity contribution in [3.8, 4) is 5.75 Å². The minimum atomic E-state index is -0.363. The van der Waals surface area contributed by atoms with Crippen molar-refractivity contribution in [2.45, 2.75) is 13.8 Å². The fraction of sp³-hybridized carbons (Fsp3) is 0.286. The maximum Gasteiger partial charge on any atom is 0.308 e. The zero-order valence-corrected chi connectivity index (χ0v) is 6.37. The highest BCUT2D eigenvalue weighted by atomic mass is 16.5. The number of nitrogens with zero attached hydrogens (tertiary/aromatic N) is 2. The molecule has 0 spiro atoms. The Bertz CT molecular complexity index is 256. The number of aromatic nitrogens is 2. The van der Waals surface area contributed by atoms with Crippen LogP contribution in [0.1, 0.15) is 12.7 Å². The Morgan fingerprint density at radius 2 is 2.00 bits per heavy atom. The zero-order chi connectivity index (χ0) is 8.27. The van der Waals surface area contributed by atoms with Gasteiger partial charge in [0.1, 0.15) is 5.82 Å². The molecule has 1 aromatic rings. The molecule has 0 amide bonds. The van der Waals surface area contributed by atoms with Crippen molar-refractivity contribution in [2.24, 2.45) is 0 Å². The fourth-order valence-electron chi connectivity index (χ4n) is 0.599. The Labute approximate surface area is 64.2 Å². The van der Waals surface area contributed by atoms with E-state index in [4.69, 9.17) is 4.74 Å². The first kappa shape index (κ1) is 7.65. The van der Waals surface area contributed by atoms with Crippen LogP contribution in [-0.4, -0.2) is 15.9 Å². The van der Waals surface area contributed by atoms with Crippen LogP contribution < -0.4 is 4.74 Å². The van der Waals surface area contributed by atoms with Crippen LogP contribution in [0, 0.1) is 6.92 Å². The molecule has 0 atom stereocenters. The lowest BCUT2D eigenvalue weighted by Crippen LogP contribution is -2.02. The number of hydrogen-bond acceptors (Lipinski definition) is 4. The largest absolute Gasteiger partial charge is 0.423 e. The summed E-state index contributed by atoms with van der Waals surface area (Å²) in [5.74, 6) is 0.668. The first-order valence-corrected chi connectivity index (χ1v) is 3.15. The maximum atomic E-state index is 10.4. The number of rotatable bonds is 1. The topological polar surface area (TPSA) is 52.1 Å². The molecule has 4 heteroatoms. The lowest BCUT2D eigenvalue weighted by atomic mass is 10.5. The summed E-state index contributed by atoms with van der Waals surface area (Å²) in [5, 5.41) is 0. The van der Waals surface area contributed by atoms with E-state index in [-0.39, 0.29) is 5.97 Å². The minimum Gasteiger partial charge on any atom is -0.423 e. The number of ether oxygens (including phenoxy) is 1. The third kappa shape index (κ3) is 2.33. The summed E-state index contributed by atoms with van der Waals surface area (Å²) in [4.78, 5) is 18.1. The van der Waals surface area contributed by atoms with Gasteiger partial charge >= 0.3 is 5.97 Å². The minimum absolute atomic E-state index is 0.363. The van der Waals surface area contributed by atoms with Crippen LogP contribution in [0.5, 0.6) is 5.75 Å². The molecule has 1 heterocycles. The second kappa shape index (κ2) is 3.09. The monoisotopic (exact) mass is 152 g/mol. The molecule has 0 N–H and O–H groups in total. The molecule has 0 aromatic carbocycles. The second-order valence-electron chi connectivity index (χ2n) is 2.06. The van der Waals surface area contributed by atoms with E-state index in [0.717, 1.165) is 0 Å². The van der Waals surface area contributed by atoms with E-state index in [1.165, 1.54) is 19.3 Å². The molecule has 0 fully saturated rings. The molecule has 0 aliphatic rings. The predicted molar refractivity (Wildman–Crippen MR) is 38.1 cm³/mol. The van der Waals surface area contributed by atoms with Gasteiger partial charge in [-0.15, -0.1) is 0 Å². The van der Waals surface area contributed by atoms with Crippen LogP contribution in [-0.2, 0) is 4.79 Å². The van der Waals surface area contributed by atoms with Crippen LogP contribution >= 0.6 is 0 Å². The third-order valence-electron chi connectivity index (χ3n) is 1.02. The number of hydrogen-bond donors (Lipinski definition) is 0. The molecule has 0 aliphatic heterocycles. The third-order valence-corrected chi connectivity index (χ3v) is 1.02. The van der Waals surface area contributed by atoms with E-state index in [1.54, 1.807) is 6.92 Å². The van der Waals surface area contributed by atoms with Gasteiger partial charge in [-0.05, 0) is 6.92 Å². The van der Waals surface area contributed by atoms with Gasteiger partial charge in [-0.25, -0.2) is 9.97 Å². The van der Waals surface area contributed by atoms with Gasteiger partial charge in [0.15, 0.2) is 5.75 Å². The van der Waals surface area contributed by atoms with E-state index in [1.807, 2.05) is 0 Å². The molecule has 58 valence electrons. The average molecular weight is 152 g/mol.